The molecule has 6 heteroatoms. The number of hydrogen-bond donors (Lipinski definition) is 2. The van der Waals surface area contributed by atoms with Gasteiger partial charge in [0, 0.05) is 11.3 Å². The molecule has 1 fully saturated rings. The Kier molecular flexibility index (Phi) is 5.27. The van der Waals surface area contributed by atoms with Crippen molar-refractivity contribution in [3.63, 3.8) is 0 Å². The monoisotopic (exact) mass is 304 g/mol. The largest absolute Gasteiger partial charge is 0.480 e. The van der Waals surface area contributed by atoms with E-state index >= 15 is 0 Å². The van der Waals surface area contributed by atoms with Gasteiger partial charge in [0.15, 0.2) is 5.78 Å². The molecule has 0 saturated carbocycles. The number of ketones is 1. The number of carbonyl (C=O) groups excluding carboxylic acids is 2. The number of rotatable bonds is 5. The van der Waals surface area contributed by atoms with Crippen LogP contribution in [0.4, 0.5) is 5.69 Å². The van der Waals surface area contributed by atoms with Gasteiger partial charge in [-0.3, -0.25) is 19.3 Å². The number of nitrogens with one attached hydrogen (secondary N) is 1. The van der Waals surface area contributed by atoms with Crippen molar-refractivity contribution < 1.29 is 19.5 Å². The summed E-state index contributed by atoms with van der Waals surface area (Å²) in [5.41, 5.74) is 1.07. The van der Waals surface area contributed by atoms with E-state index in [1.54, 1.807) is 29.2 Å². The number of amides is 1. The third-order valence-corrected chi connectivity index (χ3v) is 3.80. The maximum absolute atomic E-state index is 12.1. The average molecular weight is 304 g/mol. The minimum atomic E-state index is -0.883. The standard InChI is InChI=1S/C16H20N2O4/c1-11(19)12-5-4-6-13(9-12)17-15(20)10-18-8-3-2-7-14(18)16(21)22/h4-6,9,14H,2-3,7-8,10H2,1H3,(H,17,20)(H,21,22). The van der Waals surface area contributed by atoms with Crippen molar-refractivity contribution in [3.8, 4) is 0 Å². The van der Waals surface area contributed by atoms with Crippen molar-refractivity contribution in [1.82, 2.24) is 4.90 Å². The second-order valence-electron chi connectivity index (χ2n) is 5.51. The maximum Gasteiger partial charge on any atom is 0.320 e. The summed E-state index contributed by atoms with van der Waals surface area (Å²) >= 11 is 0. The highest BCUT2D eigenvalue weighted by molar-refractivity contribution is 5.97. The lowest BCUT2D eigenvalue weighted by atomic mass is 10.0. The predicted molar refractivity (Wildman–Crippen MR) is 81.9 cm³/mol. The van der Waals surface area contributed by atoms with Gasteiger partial charge in [0.1, 0.15) is 6.04 Å². The minimum absolute atomic E-state index is 0.0429. The lowest BCUT2D eigenvalue weighted by Gasteiger charge is -2.32. The molecule has 1 saturated heterocycles. The van der Waals surface area contributed by atoms with E-state index in [9.17, 15) is 19.5 Å². The average Bonchev–Trinajstić information content (AvgIpc) is 2.47. The fraction of sp³-hybridized carbons (Fsp3) is 0.438. The van der Waals surface area contributed by atoms with E-state index in [4.69, 9.17) is 0 Å². The Morgan fingerprint density at radius 2 is 2.09 bits per heavy atom. The molecular weight excluding hydrogens is 284 g/mol. The van der Waals surface area contributed by atoms with Crippen LogP contribution in [0.5, 0.6) is 0 Å². The van der Waals surface area contributed by atoms with Gasteiger partial charge >= 0.3 is 5.97 Å². The number of carboxylic acids is 1. The molecule has 118 valence electrons. The summed E-state index contributed by atoms with van der Waals surface area (Å²) < 4.78 is 0. The Balaban J connectivity index is 1.98. The van der Waals surface area contributed by atoms with Crippen molar-refractivity contribution in [2.75, 3.05) is 18.4 Å². The third kappa shape index (κ3) is 4.14. The Morgan fingerprint density at radius 1 is 1.32 bits per heavy atom. The Morgan fingerprint density at radius 3 is 2.77 bits per heavy atom. The van der Waals surface area contributed by atoms with Crippen molar-refractivity contribution >= 4 is 23.3 Å². The number of benzene rings is 1. The molecule has 0 aliphatic carbocycles. The predicted octanol–water partition coefficient (Wildman–Crippen LogP) is 1.77. The molecule has 1 aliphatic rings. The van der Waals surface area contributed by atoms with Crippen molar-refractivity contribution in [2.24, 2.45) is 0 Å². The van der Waals surface area contributed by atoms with Crippen LogP contribution in [0.1, 0.15) is 36.5 Å². The number of hydrogen-bond acceptors (Lipinski definition) is 4. The Labute approximate surface area is 129 Å². The van der Waals surface area contributed by atoms with Gasteiger partial charge in [-0.05, 0) is 38.4 Å². The summed E-state index contributed by atoms with van der Waals surface area (Å²) in [6.45, 7) is 2.12. The van der Waals surface area contributed by atoms with Crippen LogP contribution in [0.3, 0.4) is 0 Å². The SMILES string of the molecule is CC(=O)c1cccc(NC(=O)CN2CCCCC2C(=O)O)c1. The summed E-state index contributed by atoms with van der Waals surface area (Å²) in [5, 5.41) is 11.9. The molecule has 1 amide bonds. The first-order chi connectivity index (χ1) is 10.5. The zero-order valence-corrected chi connectivity index (χ0v) is 12.5. The second kappa shape index (κ2) is 7.17. The lowest BCUT2D eigenvalue weighted by molar-refractivity contribution is -0.145. The molecule has 1 atom stereocenters. The summed E-state index contributed by atoms with van der Waals surface area (Å²) in [5.74, 6) is -1.22. The number of carbonyl (C=O) groups is 3. The number of nitrogens with zero attached hydrogens (tertiary/aromatic N) is 1. The highest BCUT2D eigenvalue weighted by Crippen LogP contribution is 2.17. The fourth-order valence-electron chi connectivity index (χ4n) is 2.66. The normalized spacial score (nSPS) is 18.7. The first-order valence-corrected chi connectivity index (χ1v) is 7.35. The molecule has 1 aliphatic heterocycles. The highest BCUT2D eigenvalue weighted by atomic mass is 16.4. The summed E-state index contributed by atoms with van der Waals surface area (Å²) in [7, 11) is 0. The summed E-state index contributed by atoms with van der Waals surface area (Å²) in [6, 6.07) is 6.11. The molecule has 0 bridgehead atoms. The van der Waals surface area contributed by atoms with Crippen molar-refractivity contribution in [2.45, 2.75) is 32.2 Å². The number of piperidine rings is 1. The van der Waals surface area contributed by atoms with E-state index in [2.05, 4.69) is 5.32 Å². The number of carboxylic acid groups (broad SMARTS) is 1. The van der Waals surface area contributed by atoms with Gasteiger partial charge in [-0.15, -0.1) is 0 Å². The van der Waals surface area contributed by atoms with Gasteiger partial charge in [0.2, 0.25) is 5.91 Å². The Bertz CT molecular complexity index is 585. The van der Waals surface area contributed by atoms with E-state index in [1.807, 2.05) is 0 Å². The Hall–Kier alpha value is -2.21. The van der Waals surface area contributed by atoms with Crippen LogP contribution >= 0.6 is 0 Å². The van der Waals surface area contributed by atoms with Gasteiger partial charge in [-0.1, -0.05) is 18.6 Å². The molecule has 1 aromatic carbocycles. The molecule has 2 N–H and O–H groups in total. The van der Waals surface area contributed by atoms with Crippen molar-refractivity contribution in [3.05, 3.63) is 29.8 Å². The van der Waals surface area contributed by atoms with Gasteiger partial charge in [0.05, 0.1) is 6.54 Å². The molecule has 0 radical (unpaired) electrons. The van der Waals surface area contributed by atoms with E-state index in [1.165, 1.54) is 6.92 Å². The van der Waals surface area contributed by atoms with E-state index in [-0.39, 0.29) is 18.2 Å². The van der Waals surface area contributed by atoms with Gasteiger partial charge in [-0.25, -0.2) is 0 Å². The van der Waals surface area contributed by atoms with Crippen molar-refractivity contribution in [1.29, 1.82) is 0 Å². The zero-order chi connectivity index (χ0) is 16.1. The molecule has 0 aromatic heterocycles. The fourth-order valence-corrected chi connectivity index (χ4v) is 2.66. The topological polar surface area (TPSA) is 86.7 Å². The first kappa shape index (κ1) is 16.2. The third-order valence-electron chi connectivity index (χ3n) is 3.80. The first-order valence-electron chi connectivity index (χ1n) is 7.35. The minimum Gasteiger partial charge on any atom is -0.480 e. The lowest BCUT2D eigenvalue weighted by Crippen LogP contribution is -2.47. The van der Waals surface area contributed by atoms with Crippen LogP contribution in [0, 0.1) is 0 Å². The van der Waals surface area contributed by atoms with Crippen LogP contribution < -0.4 is 5.32 Å². The molecular formula is C16H20N2O4. The molecule has 6 nitrogen and oxygen atoms in total. The molecule has 0 spiro atoms. The van der Waals surface area contributed by atoms with Gasteiger partial charge in [0.25, 0.3) is 0 Å². The maximum atomic E-state index is 12.1. The van der Waals surface area contributed by atoms with Crippen LogP contribution in [0.25, 0.3) is 0 Å². The highest BCUT2D eigenvalue weighted by Gasteiger charge is 2.29. The number of aliphatic carboxylic acids is 1. The summed E-state index contributed by atoms with van der Waals surface area (Å²) in [6.07, 6.45) is 2.34. The molecule has 22 heavy (non-hydrogen) atoms. The molecule has 1 aromatic rings. The van der Waals surface area contributed by atoms with E-state index in [0.29, 0.717) is 24.2 Å². The zero-order valence-electron chi connectivity index (χ0n) is 12.5. The quantitative estimate of drug-likeness (QED) is 0.810. The molecule has 2 rings (SSSR count). The van der Waals surface area contributed by atoms with Crippen LogP contribution in [0.15, 0.2) is 24.3 Å². The smallest absolute Gasteiger partial charge is 0.320 e. The summed E-state index contributed by atoms with van der Waals surface area (Å²) in [4.78, 5) is 36.3. The number of Topliss-reactive ketones (excluding diaryl/α,β-unsaturated/α-hetero) is 1. The van der Waals surface area contributed by atoms with E-state index in [0.717, 1.165) is 12.8 Å². The molecule has 1 heterocycles. The van der Waals surface area contributed by atoms with Crippen LogP contribution in [-0.4, -0.2) is 46.8 Å². The molecule has 1 unspecified atom stereocenters. The number of anilines is 1. The number of likely N-dealkylation sites (tertiary alicyclic amines) is 1. The van der Waals surface area contributed by atoms with Crippen LogP contribution in [0.2, 0.25) is 0 Å². The van der Waals surface area contributed by atoms with E-state index < -0.39 is 12.0 Å². The second-order valence-corrected chi connectivity index (χ2v) is 5.51. The van der Waals surface area contributed by atoms with Crippen LogP contribution in [-0.2, 0) is 9.59 Å². The van der Waals surface area contributed by atoms with Gasteiger partial charge in [-0.2, -0.15) is 0 Å². The van der Waals surface area contributed by atoms with Gasteiger partial charge < -0.3 is 10.4 Å².